The molecule has 1 aromatic heterocycles. The lowest BCUT2D eigenvalue weighted by Crippen LogP contribution is -2.24. The lowest BCUT2D eigenvalue weighted by atomic mass is 10.2. The third-order valence-corrected chi connectivity index (χ3v) is 2.82. The van der Waals surface area contributed by atoms with Crippen LogP contribution in [0.3, 0.4) is 0 Å². The van der Waals surface area contributed by atoms with Crippen LogP contribution in [0.5, 0.6) is 0 Å². The summed E-state index contributed by atoms with van der Waals surface area (Å²) in [6, 6.07) is 9.01. The van der Waals surface area contributed by atoms with E-state index >= 15 is 0 Å². The van der Waals surface area contributed by atoms with Gasteiger partial charge in [0, 0.05) is 17.3 Å². The van der Waals surface area contributed by atoms with Crippen LogP contribution < -0.4 is 5.32 Å². The summed E-state index contributed by atoms with van der Waals surface area (Å²) in [5.74, 6) is 0.389. The molecule has 0 aliphatic rings. The number of aryl methyl sites for hydroxylation is 2. The molecule has 1 N–H and O–H groups in total. The van der Waals surface area contributed by atoms with Gasteiger partial charge in [-0.3, -0.25) is 4.79 Å². The molecular weight excluding hydrogens is 262 g/mol. The largest absolute Gasteiger partial charge is 0.347 e. The van der Waals surface area contributed by atoms with Gasteiger partial charge in [-0.25, -0.2) is 9.97 Å². The van der Waals surface area contributed by atoms with E-state index in [1.165, 1.54) is 0 Å². The molecule has 2 aromatic rings. The number of benzene rings is 1. The molecule has 0 aliphatic carbocycles. The molecule has 0 atom stereocenters. The molecule has 1 amide bonds. The van der Waals surface area contributed by atoms with Crippen molar-refractivity contribution in [2.24, 2.45) is 0 Å². The summed E-state index contributed by atoms with van der Waals surface area (Å²) in [5.41, 5.74) is 2.16. The second-order valence-electron chi connectivity index (χ2n) is 4.25. The molecule has 4 nitrogen and oxygen atoms in total. The van der Waals surface area contributed by atoms with Gasteiger partial charge in [-0.2, -0.15) is 0 Å². The fourth-order valence-corrected chi connectivity index (χ4v) is 1.83. The molecule has 1 heterocycles. The van der Waals surface area contributed by atoms with E-state index in [-0.39, 0.29) is 5.91 Å². The van der Waals surface area contributed by atoms with Gasteiger partial charge in [-0.15, -0.1) is 0 Å². The lowest BCUT2D eigenvalue weighted by Gasteiger charge is -2.06. The van der Waals surface area contributed by atoms with Gasteiger partial charge in [0.2, 0.25) is 0 Å². The summed E-state index contributed by atoms with van der Waals surface area (Å²) in [4.78, 5) is 20.2. The number of halogens is 1. The molecule has 0 saturated heterocycles. The van der Waals surface area contributed by atoms with Gasteiger partial charge in [-0.05, 0) is 37.6 Å². The molecule has 19 heavy (non-hydrogen) atoms. The number of nitrogens with zero attached hydrogens (tertiary/aromatic N) is 2. The van der Waals surface area contributed by atoms with Crippen LogP contribution in [0.2, 0.25) is 5.02 Å². The van der Waals surface area contributed by atoms with Crippen LogP contribution in [0.4, 0.5) is 0 Å². The number of hydrogen-bond acceptors (Lipinski definition) is 3. The Labute approximate surface area is 116 Å². The number of carbonyl (C=O) groups is 1. The van der Waals surface area contributed by atoms with E-state index in [2.05, 4.69) is 15.3 Å². The molecule has 2 rings (SSSR count). The Hall–Kier alpha value is -1.94. The van der Waals surface area contributed by atoms with Crippen molar-refractivity contribution in [3.05, 3.63) is 58.1 Å². The third-order valence-electron chi connectivity index (χ3n) is 2.56. The highest BCUT2D eigenvalue weighted by Crippen LogP contribution is 2.09. The van der Waals surface area contributed by atoms with Gasteiger partial charge in [0.25, 0.3) is 5.91 Å². The van der Waals surface area contributed by atoms with Crippen molar-refractivity contribution in [3.8, 4) is 0 Å². The average molecular weight is 276 g/mol. The predicted molar refractivity (Wildman–Crippen MR) is 74.1 cm³/mol. The normalized spacial score (nSPS) is 10.3. The maximum absolute atomic E-state index is 12.0. The number of amides is 1. The highest BCUT2D eigenvalue weighted by atomic mass is 35.5. The van der Waals surface area contributed by atoms with E-state index in [9.17, 15) is 4.79 Å². The Kier molecular flexibility index (Phi) is 4.12. The van der Waals surface area contributed by atoms with Crippen molar-refractivity contribution < 1.29 is 4.79 Å². The quantitative estimate of drug-likeness (QED) is 0.937. The van der Waals surface area contributed by atoms with Gasteiger partial charge >= 0.3 is 0 Å². The van der Waals surface area contributed by atoms with Crippen molar-refractivity contribution in [1.82, 2.24) is 15.3 Å². The van der Waals surface area contributed by atoms with Crippen molar-refractivity contribution in [3.63, 3.8) is 0 Å². The minimum atomic E-state index is -0.205. The Balaban J connectivity index is 2.03. The summed E-state index contributed by atoms with van der Waals surface area (Å²) in [6.45, 7) is 4.05. The van der Waals surface area contributed by atoms with E-state index in [0.717, 1.165) is 11.3 Å². The smallest absolute Gasteiger partial charge is 0.270 e. The lowest BCUT2D eigenvalue weighted by molar-refractivity contribution is 0.0945. The number of rotatable bonds is 3. The number of nitrogens with one attached hydrogen (secondary N) is 1. The van der Waals surface area contributed by atoms with Crippen LogP contribution in [0.15, 0.2) is 30.3 Å². The van der Waals surface area contributed by atoms with Gasteiger partial charge in [0.15, 0.2) is 0 Å². The zero-order valence-electron chi connectivity index (χ0n) is 10.8. The van der Waals surface area contributed by atoms with Gasteiger partial charge < -0.3 is 5.32 Å². The summed E-state index contributed by atoms with van der Waals surface area (Å²) in [7, 11) is 0. The van der Waals surface area contributed by atoms with E-state index in [4.69, 9.17) is 11.6 Å². The molecule has 0 unspecified atom stereocenters. The molecule has 98 valence electrons. The Morgan fingerprint density at radius 3 is 2.53 bits per heavy atom. The minimum absolute atomic E-state index is 0.205. The number of carbonyl (C=O) groups excluding carboxylic acids is 1. The molecule has 0 spiro atoms. The van der Waals surface area contributed by atoms with Crippen molar-refractivity contribution in [2.45, 2.75) is 20.4 Å². The highest BCUT2D eigenvalue weighted by molar-refractivity contribution is 6.30. The van der Waals surface area contributed by atoms with E-state index in [1.54, 1.807) is 25.1 Å². The fourth-order valence-electron chi connectivity index (χ4n) is 1.71. The zero-order valence-corrected chi connectivity index (χ0v) is 11.5. The molecule has 0 saturated carbocycles. The summed E-state index contributed by atoms with van der Waals surface area (Å²) >= 11 is 5.80. The van der Waals surface area contributed by atoms with E-state index < -0.39 is 0 Å². The Morgan fingerprint density at radius 2 is 1.89 bits per heavy atom. The van der Waals surface area contributed by atoms with E-state index in [1.807, 2.05) is 19.1 Å². The molecule has 0 bridgehead atoms. The third kappa shape index (κ3) is 3.76. The summed E-state index contributed by atoms with van der Waals surface area (Å²) in [6.07, 6.45) is 0. The zero-order chi connectivity index (χ0) is 13.8. The summed E-state index contributed by atoms with van der Waals surface area (Å²) in [5, 5.41) is 3.49. The van der Waals surface area contributed by atoms with E-state index in [0.29, 0.717) is 23.1 Å². The second kappa shape index (κ2) is 5.80. The van der Waals surface area contributed by atoms with Crippen LogP contribution in [0.1, 0.15) is 27.6 Å². The van der Waals surface area contributed by atoms with Crippen LogP contribution in [0.25, 0.3) is 0 Å². The number of hydrogen-bond donors (Lipinski definition) is 1. The predicted octanol–water partition coefficient (Wildman–Crippen LogP) is 2.68. The van der Waals surface area contributed by atoms with Crippen LogP contribution >= 0.6 is 11.6 Å². The molecule has 0 fully saturated rings. The van der Waals surface area contributed by atoms with Crippen molar-refractivity contribution >= 4 is 17.5 Å². The Morgan fingerprint density at radius 1 is 1.21 bits per heavy atom. The SMILES string of the molecule is Cc1cc(C(=O)NCc2ccc(Cl)cc2)nc(C)n1. The standard InChI is InChI=1S/C14H14ClN3O/c1-9-7-13(18-10(2)17-9)14(19)16-8-11-3-5-12(15)6-4-11/h3-7H,8H2,1-2H3,(H,16,19). The van der Waals surface area contributed by atoms with Crippen molar-refractivity contribution in [1.29, 1.82) is 0 Å². The topological polar surface area (TPSA) is 54.9 Å². The Bertz CT molecular complexity index is 576. The first kappa shape index (κ1) is 13.5. The van der Waals surface area contributed by atoms with Gasteiger partial charge in [0.05, 0.1) is 0 Å². The molecule has 0 aliphatic heterocycles. The fraction of sp³-hybridized carbons (Fsp3) is 0.214. The van der Waals surface area contributed by atoms with Crippen LogP contribution in [-0.4, -0.2) is 15.9 Å². The first-order chi connectivity index (χ1) is 9.04. The van der Waals surface area contributed by atoms with Gasteiger partial charge in [-0.1, -0.05) is 23.7 Å². The monoisotopic (exact) mass is 275 g/mol. The summed E-state index contributed by atoms with van der Waals surface area (Å²) < 4.78 is 0. The maximum atomic E-state index is 12.0. The first-order valence-electron chi connectivity index (χ1n) is 5.89. The second-order valence-corrected chi connectivity index (χ2v) is 4.69. The molecular formula is C14H14ClN3O. The minimum Gasteiger partial charge on any atom is -0.347 e. The van der Waals surface area contributed by atoms with Gasteiger partial charge in [0.1, 0.15) is 11.5 Å². The molecule has 0 radical (unpaired) electrons. The molecule has 5 heteroatoms. The van der Waals surface area contributed by atoms with Crippen LogP contribution in [-0.2, 0) is 6.54 Å². The maximum Gasteiger partial charge on any atom is 0.270 e. The highest BCUT2D eigenvalue weighted by Gasteiger charge is 2.08. The molecule has 1 aromatic carbocycles. The average Bonchev–Trinajstić information content (AvgIpc) is 2.36. The van der Waals surface area contributed by atoms with Crippen LogP contribution in [0, 0.1) is 13.8 Å². The van der Waals surface area contributed by atoms with Crippen molar-refractivity contribution in [2.75, 3.05) is 0 Å². The number of aromatic nitrogens is 2. The first-order valence-corrected chi connectivity index (χ1v) is 6.27.